The van der Waals surface area contributed by atoms with E-state index in [9.17, 15) is 0 Å². The van der Waals surface area contributed by atoms with Gasteiger partial charge < -0.3 is 5.73 Å². The first-order chi connectivity index (χ1) is 4.30. The lowest BCUT2D eigenvalue weighted by Gasteiger charge is -1.93. The van der Waals surface area contributed by atoms with Crippen molar-refractivity contribution >= 4 is 5.70 Å². The molecule has 1 aromatic rings. The zero-order valence-corrected chi connectivity index (χ0v) is 4.91. The van der Waals surface area contributed by atoms with Crippen LogP contribution in [0.2, 0.25) is 0 Å². The summed E-state index contributed by atoms with van der Waals surface area (Å²) in [4.78, 5) is 7.69. The van der Waals surface area contributed by atoms with Crippen molar-refractivity contribution in [3.8, 4) is 0 Å². The van der Waals surface area contributed by atoms with Gasteiger partial charge in [0.2, 0.25) is 0 Å². The molecule has 0 spiro atoms. The summed E-state index contributed by atoms with van der Waals surface area (Å²) in [7, 11) is 0. The van der Waals surface area contributed by atoms with Gasteiger partial charge in [-0.05, 0) is 0 Å². The topological polar surface area (TPSA) is 51.8 Å². The van der Waals surface area contributed by atoms with Crippen LogP contribution >= 0.6 is 0 Å². The fourth-order valence-corrected chi connectivity index (χ4v) is 0.465. The monoisotopic (exact) mass is 121 g/mol. The van der Waals surface area contributed by atoms with Crippen molar-refractivity contribution in [3.05, 3.63) is 30.9 Å². The number of nitrogens with two attached hydrogens (primary N) is 1. The van der Waals surface area contributed by atoms with Crippen LogP contribution in [0.25, 0.3) is 5.70 Å². The van der Waals surface area contributed by atoms with E-state index in [-0.39, 0.29) is 0 Å². The summed E-state index contributed by atoms with van der Waals surface area (Å²) in [5.41, 5.74) is 6.40. The molecule has 0 saturated heterocycles. The lowest BCUT2D eigenvalue weighted by atomic mass is 10.4. The summed E-state index contributed by atoms with van der Waals surface area (Å²) >= 11 is 0. The fraction of sp³-hybridized carbons (Fsp3) is 0. The van der Waals surface area contributed by atoms with Crippen LogP contribution < -0.4 is 5.73 Å². The Morgan fingerprint density at radius 1 is 1.56 bits per heavy atom. The molecule has 46 valence electrons. The molecular formula is C6H7N3. The van der Waals surface area contributed by atoms with Crippen LogP contribution in [-0.2, 0) is 0 Å². The Hall–Kier alpha value is -1.38. The molecule has 1 rings (SSSR count). The lowest BCUT2D eigenvalue weighted by molar-refractivity contribution is 1.16. The third-order valence-corrected chi connectivity index (χ3v) is 0.892. The lowest BCUT2D eigenvalue weighted by Crippen LogP contribution is -1.96. The van der Waals surface area contributed by atoms with Gasteiger partial charge in [-0.25, -0.2) is 0 Å². The zero-order valence-electron chi connectivity index (χ0n) is 4.91. The predicted molar refractivity (Wildman–Crippen MR) is 35.3 cm³/mol. The van der Waals surface area contributed by atoms with Crippen LogP contribution in [0.15, 0.2) is 25.2 Å². The Kier molecular flexibility index (Phi) is 1.44. The molecule has 3 nitrogen and oxygen atoms in total. The van der Waals surface area contributed by atoms with Gasteiger partial charge in [0.15, 0.2) is 0 Å². The second kappa shape index (κ2) is 2.26. The molecule has 0 radical (unpaired) electrons. The Labute approximate surface area is 53.3 Å². The summed E-state index contributed by atoms with van der Waals surface area (Å²) in [5, 5.41) is 0. The SMILES string of the molecule is C=C(N)c1cnccn1. The van der Waals surface area contributed by atoms with Gasteiger partial charge in [-0.2, -0.15) is 0 Å². The van der Waals surface area contributed by atoms with Crippen molar-refractivity contribution < 1.29 is 0 Å². The Bertz CT molecular complexity index is 205. The van der Waals surface area contributed by atoms with E-state index in [2.05, 4.69) is 16.5 Å². The average molecular weight is 121 g/mol. The molecule has 0 aromatic carbocycles. The van der Waals surface area contributed by atoms with Crippen molar-refractivity contribution in [2.24, 2.45) is 5.73 Å². The minimum absolute atomic E-state index is 0.447. The molecular weight excluding hydrogens is 114 g/mol. The molecule has 9 heavy (non-hydrogen) atoms. The van der Waals surface area contributed by atoms with Gasteiger partial charge in [0, 0.05) is 12.4 Å². The van der Waals surface area contributed by atoms with Crippen LogP contribution in [0, 0.1) is 0 Å². The van der Waals surface area contributed by atoms with E-state index < -0.39 is 0 Å². The van der Waals surface area contributed by atoms with E-state index in [1.807, 2.05) is 0 Å². The third kappa shape index (κ3) is 1.25. The van der Waals surface area contributed by atoms with E-state index in [4.69, 9.17) is 5.73 Å². The van der Waals surface area contributed by atoms with Gasteiger partial charge in [-0.1, -0.05) is 6.58 Å². The summed E-state index contributed by atoms with van der Waals surface area (Å²) in [6.45, 7) is 3.50. The van der Waals surface area contributed by atoms with E-state index in [1.165, 1.54) is 0 Å². The van der Waals surface area contributed by atoms with E-state index in [1.54, 1.807) is 18.6 Å². The van der Waals surface area contributed by atoms with Gasteiger partial charge in [-0.15, -0.1) is 0 Å². The molecule has 3 heteroatoms. The molecule has 0 saturated carbocycles. The van der Waals surface area contributed by atoms with Crippen molar-refractivity contribution in [1.82, 2.24) is 9.97 Å². The Balaban J connectivity index is 2.98. The standard InChI is InChI=1S/C6H7N3/c1-5(7)6-4-8-2-3-9-6/h2-4H,1,7H2. The Morgan fingerprint density at radius 2 is 2.33 bits per heavy atom. The highest BCUT2D eigenvalue weighted by Gasteiger charge is 1.90. The molecule has 0 aliphatic carbocycles. The van der Waals surface area contributed by atoms with Gasteiger partial charge in [-0.3, -0.25) is 9.97 Å². The Morgan fingerprint density at radius 3 is 2.67 bits per heavy atom. The minimum atomic E-state index is 0.447. The highest BCUT2D eigenvalue weighted by molar-refractivity contribution is 5.54. The second-order valence-electron chi connectivity index (χ2n) is 1.62. The predicted octanol–water partition coefficient (Wildman–Crippen LogP) is 0.406. The molecule has 0 aliphatic heterocycles. The number of aromatic nitrogens is 2. The van der Waals surface area contributed by atoms with Crippen LogP contribution in [0.1, 0.15) is 5.69 Å². The van der Waals surface area contributed by atoms with Gasteiger partial charge in [0.1, 0.15) is 5.69 Å². The summed E-state index contributed by atoms with van der Waals surface area (Å²) in [5.74, 6) is 0. The van der Waals surface area contributed by atoms with Crippen molar-refractivity contribution in [1.29, 1.82) is 0 Å². The zero-order chi connectivity index (χ0) is 6.69. The largest absolute Gasteiger partial charge is 0.397 e. The fourth-order valence-electron chi connectivity index (χ4n) is 0.465. The van der Waals surface area contributed by atoms with Crippen molar-refractivity contribution in [3.63, 3.8) is 0 Å². The molecule has 2 N–H and O–H groups in total. The summed E-state index contributed by atoms with van der Waals surface area (Å²) < 4.78 is 0. The third-order valence-electron chi connectivity index (χ3n) is 0.892. The number of nitrogens with zero attached hydrogens (tertiary/aromatic N) is 2. The van der Waals surface area contributed by atoms with Crippen LogP contribution in [0.5, 0.6) is 0 Å². The molecule has 1 aromatic heterocycles. The first-order valence-electron chi connectivity index (χ1n) is 2.51. The second-order valence-corrected chi connectivity index (χ2v) is 1.62. The minimum Gasteiger partial charge on any atom is -0.397 e. The van der Waals surface area contributed by atoms with Crippen LogP contribution in [0.3, 0.4) is 0 Å². The number of hydrogen-bond acceptors (Lipinski definition) is 3. The van der Waals surface area contributed by atoms with Crippen LogP contribution in [-0.4, -0.2) is 9.97 Å². The van der Waals surface area contributed by atoms with E-state index in [0.717, 1.165) is 0 Å². The highest BCUT2D eigenvalue weighted by Crippen LogP contribution is 1.96. The van der Waals surface area contributed by atoms with E-state index >= 15 is 0 Å². The molecule has 1 heterocycles. The maximum absolute atomic E-state index is 5.32. The summed E-state index contributed by atoms with van der Waals surface area (Å²) in [6, 6.07) is 0. The van der Waals surface area contributed by atoms with Crippen LogP contribution in [0.4, 0.5) is 0 Å². The first-order valence-corrected chi connectivity index (χ1v) is 2.51. The maximum Gasteiger partial charge on any atom is 0.104 e. The first kappa shape index (κ1) is 5.75. The average Bonchev–Trinajstić information content (AvgIpc) is 1.90. The quantitative estimate of drug-likeness (QED) is 0.585. The van der Waals surface area contributed by atoms with Crippen molar-refractivity contribution in [2.75, 3.05) is 0 Å². The van der Waals surface area contributed by atoms with Gasteiger partial charge in [0.05, 0.1) is 11.9 Å². The molecule has 0 amide bonds. The van der Waals surface area contributed by atoms with Crippen molar-refractivity contribution in [2.45, 2.75) is 0 Å². The molecule has 0 fully saturated rings. The smallest absolute Gasteiger partial charge is 0.104 e. The van der Waals surface area contributed by atoms with Gasteiger partial charge >= 0.3 is 0 Å². The highest BCUT2D eigenvalue weighted by atomic mass is 14.8. The molecule has 0 atom stereocenters. The van der Waals surface area contributed by atoms with E-state index in [0.29, 0.717) is 11.4 Å². The molecule has 0 bridgehead atoms. The summed E-state index contributed by atoms with van der Waals surface area (Å²) in [6.07, 6.45) is 4.74. The maximum atomic E-state index is 5.32. The normalized spacial score (nSPS) is 8.89. The number of rotatable bonds is 1. The number of hydrogen-bond donors (Lipinski definition) is 1. The van der Waals surface area contributed by atoms with Gasteiger partial charge in [0.25, 0.3) is 0 Å². The molecule has 0 aliphatic rings. The molecule has 0 unspecified atom stereocenters.